The summed E-state index contributed by atoms with van der Waals surface area (Å²) in [6, 6.07) is 10.3. The maximum atomic E-state index is 5.53. The highest BCUT2D eigenvalue weighted by molar-refractivity contribution is 5.49. The quantitative estimate of drug-likeness (QED) is 0.645. The minimum Gasteiger partial charge on any atom is -0.370 e. The van der Waals surface area contributed by atoms with Crippen LogP contribution < -0.4 is 0 Å². The first-order valence-corrected chi connectivity index (χ1v) is 4.97. The van der Waals surface area contributed by atoms with E-state index in [-0.39, 0.29) is 6.10 Å². The van der Waals surface area contributed by atoms with Crippen LogP contribution in [0.5, 0.6) is 0 Å². The van der Waals surface area contributed by atoms with Gasteiger partial charge in [0, 0.05) is 0 Å². The average Bonchev–Trinajstić information content (AvgIpc) is 2.29. The van der Waals surface area contributed by atoms with E-state index in [1.54, 1.807) is 0 Å². The molecular weight excluding hydrogens is 172 g/mol. The van der Waals surface area contributed by atoms with Crippen molar-refractivity contribution in [2.75, 3.05) is 6.61 Å². The molecule has 72 valence electrons. The van der Waals surface area contributed by atoms with Gasteiger partial charge < -0.3 is 4.74 Å². The summed E-state index contributed by atoms with van der Waals surface area (Å²) < 4.78 is 5.53. The molecule has 0 amide bonds. The molecular formula is C13H14O. The summed E-state index contributed by atoms with van der Waals surface area (Å²) in [5, 5.41) is 0. The molecule has 0 saturated heterocycles. The predicted octanol–water partition coefficient (Wildman–Crippen LogP) is 3.04. The molecule has 1 nitrogen and oxygen atoms in total. The van der Waals surface area contributed by atoms with Gasteiger partial charge in [0.25, 0.3) is 0 Å². The van der Waals surface area contributed by atoms with Crippen LogP contribution in [0, 0.1) is 0 Å². The molecule has 1 atom stereocenters. The number of rotatable bonds is 2. The summed E-state index contributed by atoms with van der Waals surface area (Å²) in [5.41, 5.74) is 1.22. The summed E-state index contributed by atoms with van der Waals surface area (Å²) in [4.78, 5) is 0. The van der Waals surface area contributed by atoms with Gasteiger partial charge in [-0.05, 0) is 12.0 Å². The topological polar surface area (TPSA) is 9.23 Å². The molecule has 14 heavy (non-hydrogen) atoms. The Morgan fingerprint density at radius 1 is 1.21 bits per heavy atom. The van der Waals surface area contributed by atoms with Crippen LogP contribution in [0.4, 0.5) is 0 Å². The molecule has 1 aromatic carbocycles. The van der Waals surface area contributed by atoms with Gasteiger partial charge in [-0.25, -0.2) is 0 Å². The molecule has 2 rings (SSSR count). The minimum atomic E-state index is 0.156. The summed E-state index contributed by atoms with van der Waals surface area (Å²) >= 11 is 0. The fraction of sp³-hybridized carbons (Fsp3) is 0.231. The molecule has 0 aromatic heterocycles. The molecule has 0 N–H and O–H groups in total. The molecule has 0 aliphatic carbocycles. The van der Waals surface area contributed by atoms with Crippen molar-refractivity contribution >= 4 is 6.08 Å². The maximum Gasteiger partial charge on any atom is 0.0940 e. The third kappa shape index (κ3) is 2.57. The van der Waals surface area contributed by atoms with Gasteiger partial charge in [0.2, 0.25) is 0 Å². The monoisotopic (exact) mass is 186 g/mol. The van der Waals surface area contributed by atoms with Crippen LogP contribution in [-0.4, -0.2) is 12.7 Å². The average molecular weight is 186 g/mol. The third-order valence-electron chi connectivity index (χ3n) is 2.20. The van der Waals surface area contributed by atoms with Crippen molar-refractivity contribution < 1.29 is 4.74 Å². The molecule has 1 heteroatoms. The van der Waals surface area contributed by atoms with Crippen molar-refractivity contribution in [3.05, 3.63) is 54.1 Å². The highest BCUT2D eigenvalue weighted by Crippen LogP contribution is 2.08. The van der Waals surface area contributed by atoms with E-state index < -0.39 is 0 Å². The molecule has 0 bridgehead atoms. The van der Waals surface area contributed by atoms with Crippen molar-refractivity contribution in [2.24, 2.45) is 0 Å². The van der Waals surface area contributed by atoms with Gasteiger partial charge in [0.05, 0.1) is 12.7 Å². The van der Waals surface area contributed by atoms with E-state index in [1.807, 2.05) is 18.2 Å². The fourth-order valence-electron chi connectivity index (χ4n) is 1.45. The Hall–Kier alpha value is -1.34. The standard InChI is InChI=1S/C13H14O/c1-2-6-12(7-3-1)9-10-13-8-4-5-11-14-13/h1-4,6-10,13H,5,11H2/b10-9+/t13-/m1/s1. The minimum absolute atomic E-state index is 0.156. The number of hydrogen-bond acceptors (Lipinski definition) is 1. The van der Waals surface area contributed by atoms with E-state index in [4.69, 9.17) is 4.74 Å². The largest absolute Gasteiger partial charge is 0.370 e. The summed E-state index contributed by atoms with van der Waals surface area (Å²) in [6.45, 7) is 0.834. The zero-order chi connectivity index (χ0) is 9.64. The van der Waals surface area contributed by atoms with Crippen LogP contribution in [0.1, 0.15) is 12.0 Å². The fourth-order valence-corrected chi connectivity index (χ4v) is 1.45. The SMILES string of the molecule is C1=C[C@H](/C=C/c2ccccc2)OCC1. The summed E-state index contributed by atoms with van der Waals surface area (Å²) in [5.74, 6) is 0. The number of ether oxygens (including phenoxy) is 1. The van der Waals surface area contributed by atoms with Gasteiger partial charge in [-0.1, -0.05) is 54.6 Å². The molecule has 1 aliphatic rings. The van der Waals surface area contributed by atoms with Gasteiger partial charge in [-0.15, -0.1) is 0 Å². The Morgan fingerprint density at radius 3 is 2.79 bits per heavy atom. The Kier molecular flexibility index (Phi) is 3.15. The Labute approximate surface area is 84.7 Å². The van der Waals surface area contributed by atoms with Crippen LogP contribution in [0.2, 0.25) is 0 Å². The normalized spacial score (nSPS) is 21.6. The van der Waals surface area contributed by atoms with E-state index in [9.17, 15) is 0 Å². The van der Waals surface area contributed by atoms with E-state index in [2.05, 4.69) is 36.4 Å². The molecule has 1 heterocycles. The first-order valence-electron chi connectivity index (χ1n) is 4.97. The Bertz CT molecular complexity index is 324. The van der Waals surface area contributed by atoms with Gasteiger partial charge >= 0.3 is 0 Å². The Balaban J connectivity index is 1.99. The lowest BCUT2D eigenvalue weighted by atomic mass is 10.1. The molecule has 0 spiro atoms. The molecule has 0 unspecified atom stereocenters. The van der Waals surface area contributed by atoms with Crippen LogP contribution in [0.25, 0.3) is 6.08 Å². The zero-order valence-electron chi connectivity index (χ0n) is 8.10. The van der Waals surface area contributed by atoms with Crippen LogP contribution >= 0.6 is 0 Å². The highest BCUT2D eigenvalue weighted by Gasteiger charge is 2.02. The van der Waals surface area contributed by atoms with Crippen molar-refractivity contribution in [1.82, 2.24) is 0 Å². The van der Waals surface area contributed by atoms with Crippen molar-refractivity contribution in [3.63, 3.8) is 0 Å². The first-order chi connectivity index (χ1) is 6.95. The van der Waals surface area contributed by atoms with Crippen LogP contribution in [0.15, 0.2) is 48.6 Å². The highest BCUT2D eigenvalue weighted by atomic mass is 16.5. The van der Waals surface area contributed by atoms with Gasteiger partial charge in [0.15, 0.2) is 0 Å². The molecule has 1 aliphatic heterocycles. The zero-order valence-corrected chi connectivity index (χ0v) is 8.10. The number of hydrogen-bond donors (Lipinski definition) is 0. The van der Waals surface area contributed by atoms with E-state index in [0.717, 1.165) is 13.0 Å². The summed E-state index contributed by atoms with van der Waals surface area (Å²) in [7, 11) is 0. The second-order valence-electron chi connectivity index (χ2n) is 3.32. The second-order valence-corrected chi connectivity index (χ2v) is 3.32. The molecule has 0 saturated carbocycles. The molecule has 1 aromatic rings. The van der Waals surface area contributed by atoms with Crippen LogP contribution in [-0.2, 0) is 4.74 Å². The molecule has 0 fully saturated rings. The lowest BCUT2D eigenvalue weighted by molar-refractivity contribution is 0.111. The van der Waals surface area contributed by atoms with E-state index in [1.165, 1.54) is 5.56 Å². The smallest absolute Gasteiger partial charge is 0.0940 e. The lowest BCUT2D eigenvalue weighted by Gasteiger charge is -2.13. The lowest BCUT2D eigenvalue weighted by Crippen LogP contribution is -2.10. The summed E-state index contributed by atoms with van der Waals surface area (Å²) in [6.07, 6.45) is 9.65. The van der Waals surface area contributed by atoms with Gasteiger partial charge in [-0.3, -0.25) is 0 Å². The Morgan fingerprint density at radius 2 is 2.07 bits per heavy atom. The third-order valence-corrected chi connectivity index (χ3v) is 2.20. The van der Waals surface area contributed by atoms with Crippen LogP contribution in [0.3, 0.4) is 0 Å². The van der Waals surface area contributed by atoms with Gasteiger partial charge in [0.1, 0.15) is 0 Å². The van der Waals surface area contributed by atoms with E-state index in [0.29, 0.717) is 0 Å². The maximum absolute atomic E-state index is 5.53. The van der Waals surface area contributed by atoms with Crippen molar-refractivity contribution in [2.45, 2.75) is 12.5 Å². The first kappa shape index (κ1) is 9.22. The van der Waals surface area contributed by atoms with E-state index >= 15 is 0 Å². The molecule has 0 radical (unpaired) electrons. The van der Waals surface area contributed by atoms with Gasteiger partial charge in [-0.2, -0.15) is 0 Å². The van der Waals surface area contributed by atoms with Crippen molar-refractivity contribution in [1.29, 1.82) is 0 Å². The van der Waals surface area contributed by atoms with Crippen molar-refractivity contribution in [3.8, 4) is 0 Å². The predicted molar refractivity (Wildman–Crippen MR) is 59.0 cm³/mol. The number of benzene rings is 1. The second kappa shape index (κ2) is 4.77.